The fraction of sp³-hybridized carbons (Fsp3) is 0.167. The van der Waals surface area contributed by atoms with Crippen molar-refractivity contribution in [3.8, 4) is 0 Å². The van der Waals surface area contributed by atoms with Crippen LogP contribution in [0.15, 0.2) is 28.7 Å². The highest BCUT2D eigenvalue weighted by Crippen LogP contribution is 2.39. The molecule has 0 radical (unpaired) electrons. The average molecular weight is 382 g/mol. The van der Waals surface area contributed by atoms with Crippen LogP contribution in [0, 0.1) is 18.6 Å². The van der Waals surface area contributed by atoms with Crippen LogP contribution in [0.5, 0.6) is 0 Å². The molecule has 1 unspecified atom stereocenters. The first-order valence-corrected chi connectivity index (χ1v) is 7.37. The highest BCUT2D eigenvalue weighted by atomic mass is 79.9. The first kappa shape index (κ1) is 13.2. The molecule has 2 aromatic rings. The van der Waals surface area contributed by atoms with Crippen LogP contribution in [-0.2, 0) is 0 Å². The van der Waals surface area contributed by atoms with Gasteiger partial charge in [0.25, 0.3) is 0 Å². The number of benzene rings is 1. The maximum absolute atomic E-state index is 13.6. The molecule has 0 saturated heterocycles. The van der Waals surface area contributed by atoms with Crippen LogP contribution in [-0.4, -0.2) is 0 Å². The fourth-order valence-corrected chi connectivity index (χ4v) is 3.80. The molecule has 0 spiro atoms. The Hall–Kier alpha value is -0.260. The lowest BCUT2D eigenvalue weighted by atomic mass is 10.1. The summed E-state index contributed by atoms with van der Waals surface area (Å²) in [5, 5.41) is 0. The van der Waals surface area contributed by atoms with E-state index >= 15 is 0 Å². The molecule has 0 fully saturated rings. The van der Waals surface area contributed by atoms with Crippen molar-refractivity contribution < 1.29 is 8.78 Å². The Labute approximate surface area is 119 Å². The van der Waals surface area contributed by atoms with Gasteiger partial charge >= 0.3 is 0 Å². The molecule has 0 N–H and O–H groups in total. The number of rotatable bonds is 2. The lowest BCUT2D eigenvalue weighted by Crippen LogP contribution is -1.97. The van der Waals surface area contributed by atoms with Gasteiger partial charge in [-0.3, -0.25) is 0 Å². The summed E-state index contributed by atoms with van der Waals surface area (Å²) in [6.45, 7) is 1.97. The third-order valence-corrected chi connectivity index (χ3v) is 5.87. The van der Waals surface area contributed by atoms with Crippen LogP contribution in [0.1, 0.15) is 20.1 Å². The number of alkyl halides is 1. The minimum atomic E-state index is -0.820. The number of hydrogen-bond donors (Lipinski definition) is 0. The van der Waals surface area contributed by atoms with Crippen molar-refractivity contribution in [1.29, 1.82) is 0 Å². The molecule has 1 aromatic carbocycles. The Morgan fingerprint density at radius 3 is 2.59 bits per heavy atom. The third-order valence-electron chi connectivity index (χ3n) is 2.38. The predicted molar refractivity (Wildman–Crippen MR) is 73.9 cm³/mol. The van der Waals surface area contributed by atoms with Gasteiger partial charge in [-0.2, -0.15) is 0 Å². The van der Waals surface area contributed by atoms with E-state index < -0.39 is 11.6 Å². The lowest BCUT2D eigenvalue weighted by Gasteiger charge is -2.09. The van der Waals surface area contributed by atoms with E-state index in [9.17, 15) is 8.78 Å². The number of aryl methyl sites for hydroxylation is 1. The summed E-state index contributed by atoms with van der Waals surface area (Å²) in [5.74, 6) is -1.61. The maximum atomic E-state index is 13.6. The maximum Gasteiger partial charge on any atom is 0.163 e. The second-order valence-electron chi connectivity index (χ2n) is 3.56. The zero-order valence-corrected chi connectivity index (χ0v) is 12.8. The summed E-state index contributed by atoms with van der Waals surface area (Å²) in [6.07, 6.45) is 0. The van der Waals surface area contributed by atoms with Gasteiger partial charge in [0.15, 0.2) is 11.6 Å². The van der Waals surface area contributed by atoms with E-state index in [1.807, 2.05) is 13.0 Å². The van der Waals surface area contributed by atoms with Crippen molar-refractivity contribution in [3.05, 3.63) is 55.7 Å². The molecule has 2 rings (SSSR count). The van der Waals surface area contributed by atoms with Gasteiger partial charge in [-0.1, -0.05) is 28.1 Å². The van der Waals surface area contributed by atoms with Gasteiger partial charge in [-0.05, 0) is 35.0 Å². The highest BCUT2D eigenvalue weighted by Gasteiger charge is 2.19. The molecule has 1 atom stereocenters. The topological polar surface area (TPSA) is 0 Å². The molecule has 1 heterocycles. The molecule has 0 bridgehead atoms. The van der Waals surface area contributed by atoms with Gasteiger partial charge < -0.3 is 0 Å². The van der Waals surface area contributed by atoms with Gasteiger partial charge in [0.1, 0.15) is 0 Å². The molecule has 17 heavy (non-hydrogen) atoms. The van der Waals surface area contributed by atoms with Gasteiger partial charge in [0.2, 0.25) is 0 Å². The standard InChI is InChI=1S/C12H8Br2F2S/c1-6-8(13)5-10(17-6)11(14)7-3-2-4-9(15)12(7)16/h2-5,11H,1H3. The number of halogens is 4. The normalized spacial score (nSPS) is 12.8. The van der Waals surface area contributed by atoms with Crippen molar-refractivity contribution in [2.45, 2.75) is 11.8 Å². The van der Waals surface area contributed by atoms with Gasteiger partial charge in [0, 0.05) is 19.8 Å². The highest BCUT2D eigenvalue weighted by molar-refractivity contribution is 9.10. The molecule has 90 valence electrons. The summed E-state index contributed by atoms with van der Waals surface area (Å²) in [7, 11) is 0. The Balaban J connectivity index is 2.43. The number of hydrogen-bond acceptors (Lipinski definition) is 1. The van der Waals surface area contributed by atoms with Crippen LogP contribution in [0.25, 0.3) is 0 Å². The van der Waals surface area contributed by atoms with E-state index in [2.05, 4.69) is 31.9 Å². The molecule has 0 aliphatic carbocycles. The molecule has 0 nitrogen and oxygen atoms in total. The minimum Gasteiger partial charge on any atom is -0.204 e. The molecule has 0 saturated carbocycles. The zero-order chi connectivity index (χ0) is 12.6. The largest absolute Gasteiger partial charge is 0.204 e. The van der Waals surface area contributed by atoms with E-state index in [0.717, 1.165) is 20.3 Å². The summed E-state index contributed by atoms with van der Waals surface area (Å²) >= 11 is 8.37. The van der Waals surface area contributed by atoms with Crippen LogP contribution in [0.4, 0.5) is 8.78 Å². The molecular formula is C12H8Br2F2S. The first-order chi connectivity index (χ1) is 8.00. The van der Waals surface area contributed by atoms with Crippen LogP contribution in [0.3, 0.4) is 0 Å². The molecule has 0 aliphatic rings. The van der Waals surface area contributed by atoms with E-state index in [-0.39, 0.29) is 4.83 Å². The van der Waals surface area contributed by atoms with Crippen LogP contribution < -0.4 is 0 Å². The van der Waals surface area contributed by atoms with Gasteiger partial charge in [-0.25, -0.2) is 8.78 Å². The van der Waals surface area contributed by atoms with Crippen LogP contribution in [0.2, 0.25) is 0 Å². The van der Waals surface area contributed by atoms with Gasteiger partial charge in [0.05, 0.1) is 4.83 Å². The summed E-state index contributed by atoms with van der Waals surface area (Å²) in [6, 6.07) is 6.14. The molecule has 0 aliphatic heterocycles. The quantitative estimate of drug-likeness (QED) is 0.595. The van der Waals surface area contributed by atoms with Crippen molar-refractivity contribution in [3.63, 3.8) is 0 Å². The average Bonchev–Trinajstić information content (AvgIpc) is 2.62. The zero-order valence-electron chi connectivity index (χ0n) is 8.81. The van der Waals surface area contributed by atoms with Gasteiger partial charge in [-0.15, -0.1) is 11.3 Å². The molecular weight excluding hydrogens is 374 g/mol. The Morgan fingerprint density at radius 1 is 1.29 bits per heavy atom. The van der Waals surface area contributed by atoms with Crippen molar-refractivity contribution in [1.82, 2.24) is 0 Å². The second-order valence-corrected chi connectivity index (χ2v) is 6.62. The molecule has 1 aromatic heterocycles. The predicted octanol–water partition coefficient (Wildman–Crippen LogP) is 5.58. The SMILES string of the molecule is Cc1sc(C(Br)c2cccc(F)c2F)cc1Br. The summed E-state index contributed by atoms with van der Waals surface area (Å²) in [4.78, 5) is 1.73. The fourth-order valence-electron chi connectivity index (χ4n) is 1.48. The van der Waals surface area contributed by atoms with E-state index in [0.29, 0.717) is 5.56 Å². The van der Waals surface area contributed by atoms with Crippen LogP contribution >= 0.6 is 43.2 Å². The Kier molecular flexibility index (Phi) is 4.00. The van der Waals surface area contributed by atoms with Crippen molar-refractivity contribution in [2.75, 3.05) is 0 Å². The summed E-state index contributed by atoms with van der Waals surface area (Å²) < 4.78 is 27.8. The molecule has 5 heteroatoms. The Morgan fingerprint density at radius 2 is 2.00 bits per heavy atom. The third kappa shape index (κ3) is 2.61. The van der Waals surface area contributed by atoms with E-state index in [1.54, 1.807) is 17.4 Å². The van der Waals surface area contributed by atoms with Crippen molar-refractivity contribution >= 4 is 43.2 Å². The summed E-state index contributed by atoms with van der Waals surface area (Å²) in [5.41, 5.74) is 0.318. The lowest BCUT2D eigenvalue weighted by molar-refractivity contribution is 0.501. The number of thiophene rings is 1. The Bertz CT molecular complexity index is 532. The van der Waals surface area contributed by atoms with Crippen molar-refractivity contribution in [2.24, 2.45) is 0 Å². The van der Waals surface area contributed by atoms with E-state index in [1.165, 1.54) is 6.07 Å². The monoisotopic (exact) mass is 380 g/mol. The van der Waals surface area contributed by atoms with E-state index in [4.69, 9.17) is 0 Å². The minimum absolute atomic E-state index is 0.318. The molecule has 0 amide bonds. The first-order valence-electron chi connectivity index (χ1n) is 4.84. The second kappa shape index (κ2) is 5.16. The smallest absolute Gasteiger partial charge is 0.163 e.